The van der Waals surface area contributed by atoms with Gasteiger partial charge in [-0.05, 0) is 32.1 Å². The Morgan fingerprint density at radius 3 is 2.95 bits per heavy atom. The van der Waals surface area contributed by atoms with Crippen molar-refractivity contribution >= 4 is 23.1 Å². The molecule has 0 N–H and O–H groups in total. The molecule has 1 saturated heterocycles. The predicted octanol–water partition coefficient (Wildman–Crippen LogP) is 3.72. The van der Waals surface area contributed by atoms with Crippen molar-refractivity contribution in [2.24, 2.45) is 0 Å². The number of nitro groups is 1. The number of ether oxygens (including phenoxy) is 1. The molecule has 0 spiro atoms. The van der Waals surface area contributed by atoms with Gasteiger partial charge in [0, 0.05) is 36.2 Å². The van der Waals surface area contributed by atoms with Gasteiger partial charge in [-0.1, -0.05) is 6.42 Å². The van der Waals surface area contributed by atoms with E-state index in [9.17, 15) is 10.1 Å². The van der Waals surface area contributed by atoms with Crippen LogP contribution in [0.1, 0.15) is 26.2 Å². The molecule has 1 unspecified atom stereocenters. The van der Waals surface area contributed by atoms with E-state index in [2.05, 4.69) is 11.2 Å². The van der Waals surface area contributed by atoms with Gasteiger partial charge in [0.2, 0.25) is 0 Å². The third-order valence-corrected chi connectivity index (χ3v) is 4.82. The maximum Gasteiger partial charge on any atom is 0.311 e. The third kappa shape index (κ3) is 4.03. The molecule has 0 aliphatic carbocycles. The lowest BCUT2D eigenvalue weighted by molar-refractivity contribution is -0.385. The molecule has 1 aromatic carbocycles. The van der Waals surface area contributed by atoms with Crippen molar-refractivity contribution < 1.29 is 9.66 Å². The van der Waals surface area contributed by atoms with E-state index in [4.69, 9.17) is 4.74 Å². The maximum atomic E-state index is 11.0. The van der Waals surface area contributed by atoms with Crippen molar-refractivity contribution in [2.75, 3.05) is 30.9 Å². The van der Waals surface area contributed by atoms with Crippen LogP contribution in [-0.2, 0) is 0 Å². The molecule has 1 fully saturated rings. The summed E-state index contributed by atoms with van der Waals surface area (Å²) in [5.41, 5.74) is 1.06. The highest BCUT2D eigenvalue weighted by atomic mass is 32.2. The number of nitro benzene ring substituents is 1. The third-order valence-electron chi connectivity index (χ3n) is 3.77. The fraction of sp³-hybridized carbons (Fsp3) is 0.600. The molecule has 6 heteroatoms. The van der Waals surface area contributed by atoms with Gasteiger partial charge in [0.15, 0.2) is 5.75 Å². The monoisotopic (exact) mass is 310 g/mol. The minimum absolute atomic E-state index is 0.0387. The van der Waals surface area contributed by atoms with Crippen molar-refractivity contribution in [3.8, 4) is 5.75 Å². The molecule has 116 valence electrons. The summed E-state index contributed by atoms with van der Waals surface area (Å²) < 4.78 is 5.44. The minimum Gasteiger partial charge on any atom is -0.487 e. The number of anilines is 1. The van der Waals surface area contributed by atoms with Crippen LogP contribution in [0.2, 0.25) is 0 Å². The fourth-order valence-electron chi connectivity index (χ4n) is 2.65. The Hall–Kier alpha value is -1.43. The zero-order chi connectivity index (χ0) is 15.2. The molecule has 1 aliphatic rings. The number of rotatable bonds is 5. The lowest BCUT2D eigenvalue weighted by Crippen LogP contribution is -2.29. The van der Waals surface area contributed by atoms with Crippen LogP contribution >= 0.6 is 11.8 Å². The minimum atomic E-state index is -0.387. The Kier molecular flexibility index (Phi) is 5.73. The molecule has 1 atom stereocenters. The highest BCUT2D eigenvalue weighted by molar-refractivity contribution is 7.99. The van der Waals surface area contributed by atoms with Gasteiger partial charge >= 0.3 is 5.69 Å². The number of hydrogen-bond donors (Lipinski definition) is 0. The van der Waals surface area contributed by atoms with Gasteiger partial charge in [0.1, 0.15) is 0 Å². The highest BCUT2D eigenvalue weighted by Gasteiger charge is 2.21. The van der Waals surface area contributed by atoms with Crippen LogP contribution in [0.5, 0.6) is 5.75 Å². The average Bonchev–Trinajstić information content (AvgIpc) is 2.72. The predicted molar refractivity (Wildman–Crippen MR) is 87.6 cm³/mol. The quantitative estimate of drug-likeness (QED) is 0.613. The first-order chi connectivity index (χ1) is 10.2. The first-order valence-electron chi connectivity index (χ1n) is 7.34. The average molecular weight is 310 g/mol. The van der Waals surface area contributed by atoms with E-state index in [1.807, 2.05) is 30.8 Å². The Labute approximate surface area is 129 Å². The number of benzene rings is 1. The molecule has 5 nitrogen and oxygen atoms in total. The van der Waals surface area contributed by atoms with Crippen LogP contribution < -0.4 is 9.64 Å². The van der Waals surface area contributed by atoms with Gasteiger partial charge in [-0.3, -0.25) is 10.1 Å². The molecule has 0 saturated carbocycles. The lowest BCUT2D eigenvalue weighted by atomic mass is 10.2. The second kappa shape index (κ2) is 7.54. The van der Waals surface area contributed by atoms with Gasteiger partial charge in [0.05, 0.1) is 11.5 Å². The Balaban J connectivity index is 2.25. The van der Waals surface area contributed by atoms with E-state index in [1.54, 1.807) is 6.07 Å². The summed E-state index contributed by atoms with van der Waals surface area (Å²) in [5.74, 6) is 0.366. The van der Waals surface area contributed by atoms with Crippen LogP contribution in [0.4, 0.5) is 11.4 Å². The smallest absolute Gasteiger partial charge is 0.311 e. The topological polar surface area (TPSA) is 55.6 Å². The van der Waals surface area contributed by atoms with Gasteiger partial charge in [0.25, 0.3) is 0 Å². The number of thioether (sulfide) groups is 1. The van der Waals surface area contributed by atoms with E-state index >= 15 is 0 Å². The van der Waals surface area contributed by atoms with E-state index < -0.39 is 0 Å². The van der Waals surface area contributed by atoms with Crippen molar-refractivity contribution in [3.05, 3.63) is 28.3 Å². The van der Waals surface area contributed by atoms with Crippen molar-refractivity contribution in [1.29, 1.82) is 0 Å². The largest absolute Gasteiger partial charge is 0.487 e. The zero-order valence-electron chi connectivity index (χ0n) is 12.6. The zero-order valence-corrected chi connectivity index (χ0v) is 13.4. The molecular weight excluding hydrogens is 288 g/mol. The molecule has 0 radical (unpaired) electrons. The van der Waals surface area contributed by atoms with E-state index in [-0.39, 0.29) is 10.6 Å². The summed E-state index contributed by atoms with van der Waals surface area (Å²) in [6.45, 7) is 4.26. The number of hydrogen-bond acceptors (Lipinski definition) is 5. The molecular formula is C15H22N2O3S. The summed E-state index contributed by atoms with van der Waals surface area (Å²) in [5, 5.41) is 11.7. The standard InChI is InChI=1S/C15H22N2O3S/c1-3-20-15-10-12(7-8-14(15)17(18)19)16-9-5-4-6-13(11-16)21-2/h7-8,10,13H,3-6,9,11H2,1-2H3. The maximum absolute atomic E-state index is 11.0. The second-order valence-electron chi connectivity index (χ2n) is 5.14. The van der Waals surface area contributed by atoms with Crippen molar-refractivity contribution in [3.63, 3.8) is 0 Å². The van der Waals surface area contributed by atoms with E-state index in [0.29, 0.717) is 17.6 Å². The normalized spacial score (nSPS) is 19.1. The van der Waals surface area contributed by atoms with Crippen molar-refractivity contribution in [1.82, 2.24) is 0 Å². The molecule has 1 aromatic rings. The van der Waals surface area contributed by atoms with Crippen LogP contribution in [-0.4, -0.2) is 36.1 Å². The van der Waals surface area contributed by atoms with E-state index in [1.165, 1.54) is 12.8 Å². The molecule has 21 heavy (non-hydrogen) atoms. The van der Waals surface area contributed by atoms with Gasteiger partial charge in [-0.25, -0.2) is 0 Å². The van der Waals surface area contributed by atoms with Gasteiger partial charge < -0.3 is 9.64 Å². The molecule has 1 heterocycles. The summed E-state index contributed by atoms with van der Waals surface area (Å²) in [6.07, 6.45) is 5.80. The van der Waals surface area contributed by atoms with Crippen LogP contribution in [0.3, 0.4) is 0 Å². The summed E-state index contributed by atoms with van der Waals surface area (Å²) in [7, 11) is 0. The Morgan fingerprint density at radius 1 is 1.48 bits per heavy atom. The SMILES string of the molecule is CCOc1cc(N2CCCCC(SC)C2)ccc1[N+](=O)[O-]. The molecule has 0 aromatic heterocycles. The first-order valence-corrected chi connectivity index (χ1v) is 8.63. The second-order valence-corrected chi connectivity index (χ2v) is 6.28. The summed E-state index contributed by atoms with van der Waals surface area (Å²) in [6, 6.07) is 5.20. The number of nitrogens with zero attached hydrogens (tertiary/aromatic N) is 2. The van der Waals surface area contributed by atoms with Crippen molar-refractivity contribution in [2.45, 2.75) is 31.4 Å². The summed E-state index contributed by atoms with van der Waals surface area (Å²) in [4.78, 5) is 13.0. The molecule has 0 bridgehead atoms. The fourth-order valence-corrected chi connectivity index (χ4v) is 3.38. The highest BCUT2D eigenvalue weighted by Crippen LogP contribution is 2.33. The van der Waals surface area contributed by atoms with Crippen LogP contribution in [0, 0.1) is 10.1 Å². The lowest BCUT2D eigenvalue weighted by Gasteiger charge is -2.26. The van der Waals surface area contributed by atoms with Gasteiger partial charge in [-0.15, -0.1) is 0 Å². The van der Waals surface area contributed by atoms with Gasteiger partial charge in [-0.2, -0.15) is 11.8 Å². The Bertz CT molecular complexity index is 496. The summed E-state index contributed by atoms with van der Waals surface area (Å²) >= 11 is 1.90. The Morgan fingerprint density at radius 2 is 2.29 bits per heavy atom. The van der Waals surface area contributed by atoms with Crippen LogP contribution in [0.15, 0.2) is 18.2 Å². The first kappa shape index (κ1) is 15.9. The molecule has 1 aliphatic heterocycles. The van der Waals surface area contributed by atoms with Crippen LogP contribution in [0.25, 0.3) is 0 Å². The molecule has 2 rings (SSSR count). The molecule has 0 amide bonds. The van der Waals surface area contributed by atoms with E-state index in [0.717, 1.165) is 25.2 Å².